The van der Waals surface area contributed by atoms with Crippen molar-refractivity contribution in [1.82, 2.24) is 16.2 Å². The van der Waals surface area contributed by atoms with E-state index in [1.165, 1.54) is 0 Å². The van der Waals surface area contributed by atoms with Crippen LogP contribution in [-0.4, -0.2) is 41.5 Å². The smallest absolute Gasteiger partial charge is 0.405 e. The van der Waals surface area contributed by atoms with Crippen molar-refractivity contribution in [3.63, 3.8) is 0 Å². The molecular weight excluding hydrogens is 426 g/mol. The molecule has 1 aliphatic heterocycles. The highest BCUT2D eigenvalue weighted by molar-refractivity contribution is 5.96. The number of carboxylic acid groups (broad SMARTS) is 1. The number of carbonyl (C=O) groups excluding carboxylic acids is 3. The van der Waals surface area contributed by atoms with Crippen molar-refractivity contribution in [2.45, 2.75) is 38.8 Å². The first-order chi connectivity index (χ1) is 15.8. The number of rotatable bonds is 6. The second-order valence-electron chi connectivity index (χ2n) is 7.70. The SMILES string of the molecule is CCC(=O)N1c2ccccc2[C@H](Nc2ccc(C(=O)NNC(=O)CNC(=O)O)cc2)C[C@@H]1C. The summed E-state index contributed by atoms with van der Waals surface area (Å²) in [5, 5.41) is 13.9. The van der Waals surface area contributed by atoms with Crippen LogP contribution in [0.4, 0.5) is 16.2 Å². The van der Waals surface area contributed by atoms with E-state index < -0.39 is 24.5 Å². The number of fused-ring (bicyclic) bond motifs is 1. The van der Waals surface area contributed by atoms with Crippen molar-refractivity contribution < 1.29 is 24.3 Å². The standard InChI is InChI=1S/C23H27N5O5/c1-3-21(30)28-14(2)12-18(17-6-4-5-7-19(17)28)25-16-10-8-15(9-11-16)22(31)27-26-20(29)13-24-23(32)33/h4-11,14,18,24-25H,3,12-13H2,1-2H3,(H,26,29)(H,27,31)(H,32,33)/t14-,18+/m0/s1. The van der Waals surface area contributed by atoms with Gasteiger partial charge in [-0.25, -0.2) is 4.79 Å². The Morgan fingerprint density at radius 3 is 2.39 bits per heavy atom. The van der Waals surface area contributed by atoms with Gasteiger partial charge in [0.05, 0.1) is 6.04 Å². The summed E-state index contributed by atoms with van der Waals surface area (Å²) in [5.74, 6) is -1.13. The molecule has 2 atom stereocenters. The van der Waals surface area contributed by atoms with Crippen LogP contribution in [0.3, 0.4) is 0 Å². The highest BCUT2D eigenvalue weighted by Crippen LogP contribution is 2.39. The van der Waals surface area contributed by atoms with Gasteiger partial charge in [0.15, 0.2) is 0 Å². The Morgan fingerprint density at radius 1 is 1.03 bits per heavy atom. The Bertz CT molecular complexity index is 1040. The molecule has 4 amide bonds. The molecule has 0 aromatic heterocycles. The second-order valence-corrected chi connectivity index (χ2v) is 7.70. The maximum absolute atomic E-state index is 12.5. The molecule has 10 nitrogen and oxygen atoms in total. The van der Waals surface area contributed by atoms with E-state index in [-0.39, 0.29) is 18.0 Å². The first-order valence-electron chi connectivity index (χ1n) is 10.6. The predicted octanol–water partition coefficient (Wildman–Crippen LogP) is 2.40. The lowest BCUT2D eigenvalue weighted by Crippen LogP contribution is -2.46. The number of carbonyl (C=O) groups is 4. The van der Waals surface area contributed by atoms with Crippen LogP contribution in [0.15, 0.2) is 48.5 Å². The highest BCUT2D eigenvalue weighted by Gasteiger charge is 2.32. The number of hydrogen-bond acceptors (Lipinski definition) is 5. The molecule has 33 heavy (non-hydrogen) atoms. The van der Waals surface area contributed by atoms with Crippen LogP contribution in [-0.2, 0) is 9.59 Å². The summed E-state index contributed by atoms with van der Waals surface area (Å²) in [4.78, 5) is 48.4. The van der Waals surface area contributed by atoms with Gasteiger partial charge in [0.25, 0.3) is 11.8 Å². The zero-order chi connectivity index (χ0) is 24.0. The average molecular weight is 453 g/mol. The molecule has 3 rings (SSSR count). The highest BCUT2D eigenvalue weighted by atomic mass is 16.4. The minimum Gasteiger partial charge on any atom is -0.465 e. The number of hydrogen-bond donors (Lipinski definition) is 5. The van der Waals surface area contributed by atoms with Gasteiger partial charge in [-0.05, 0) is 49.2 Å². The third-order valence-electron chi connectivity index (χ3n) is 5.36. The van der Waals surface area contributed by atoms with E-state index in [2.05, 4.69) is 16.2 Å². The Kier molecular flexibility index (Phi) is 7.50. The van der Waals surface area contributed by atoms with Gasteiger partial charge in [0.1, 0.15) is 6.54 Å². The summed E-state index contributed by atoms with van der Waals surface area (Å²) in [6, 6.07) is 14.6. The molecule has 1 aliphatic rings. The first kappa shape index (κ1) is 23.6. The normalized spacial score (nSPS) is 16.8. The molecule has 0 saturated carbocycles. The van der Waals surface area contributed by atoms with E-state index >= 15 is 0 Å². The zero-order valence-corrected chi connectivity index (χ0v) is 18.4. The van der Waals surface area contributed by atoms with Crippen molar-refractivity contribution in [2.24, 2.45) is 0 Å². The van der Waals surface area contributed by atoms with Gasteiger partial charge in [-0.2, -0.15) is 0 Å². The van der Waals surface area contributed by atoms with E-state index in [9.17, 15) is 19.2 Å². The molecule has 174 valence electrons. The Morgan fingerprint density at radius 2 is 1.73 bits per heavy atom. The number of amides is 4. The third-order valence-corrected chi connectivity index (χ3v) is 5.36. The van der Waals surface area contributed by atoms with Crippen LogP contribution >= 0.6 is 0 Å². The van der Waals surface area contributed by atoms with Crippen LogP contribution in [0, 0.1) is 0 Å². The molecule has 2 aromatic carbocycles. The lowest BCUT2D eigenvalue weighted by Gasteiger charge is -2.40. The fourth-order valence-electron chi connectivity index (χ4n) is 3.82. The van der Waals surface area contributed by atoms with Crippen molar-refractivity contribution >= 4 is 35.2 Å². The van der Waals surface area contributed by atoms with Crippen molar-refractivity contribution in [2.75, 3.05) is 16.8 Å². The Balaban J connectivity index is 1.65. The van der Waals surface area contributed by atoms with E-state index in [4.69, 9.17) is 5.11 Å². The van der Waals surface area contributed by atoms with E-state index in [1.807, 2.05) is 48.3 Å². The average Bonchev–Trinajstić information content (AvgIpc) is 2.81. The molecule has 1 heterocycles. The fraction of sp³-hybridized carbons (Fsp3) is 0.304. The fourth-order valence-corrected chi connectivity index (χ4v) is 3.82. The summed E-state index contributed by atoms with van der Waals surface area (Å²) < 4.78 is 0. The van der Waals surface area contributed by atoms with Crippen LogP contribution in [0.5, 0.6) is 0 Å². The molecule has 0 saturated heterocycles. The molecule has 0 fully saturated rings. The summed E-state index contributed by atoms with van der Waals surface area (Å²) in [5.41, 5.74) is 7.45. The minimum atomic E-state index is -1.33. The lowest BCUT2D eigenvalue weighted by molar-refractivity contribution is -0.121. The molecule has 0 spiro atoms. The van der Waals surface area contributed by atoms with Gasteiger partial charge in [-0.1, -0.05) is 25.1 Å². The van der Waals surface area contributed by atoms with Gasteiger partial charge in [-0.15, -0.1) is 0 Å². The van der Waals surface area contributed by atoms with Crippen LogP contribution < -0.4 is 26.4 Å². The van der Waals surface area contributed by atoms with Crippen LogP contribution in [0.25, 0.3) is 0 Å². The molecule has 2 aromatic rings. The predicted molar refractivity (Wildman–Crippen MR) is 123 cm³/mol. The van der Waals surface area contributed by atoms with Gasteiger partial charge < -0.3 is 20.6 Å². The summed E-state index contributed by atoms with van der Waals surface area (Å²) in [7, 11) is 0. The third kappa shape index (κ3) is 5.79. The maximum atomic E-state index is 12.5. The molecule has 0 radical (unpaired) electrons. The van der Waals surface area contributed by atoms with Crippen LogP contribution in [0.1, 0.15) is 48.7 Å². The van der Waals surface area contributed by atoms with Crippen molar-refractivity contribution in [1.29, 1.82) is 0 Å². The van der Waals surface area contributed by atoms with Crippen molar-refractivity contribution in [3.05, 3.63) is 59.7 Å². The Labute approximate surface area is 191 Å². The number of hydrazine groups is 1. The number of para-hydroxylation sites is 1. The molecular formula is C23H27N5O5. The number of anilines is 2. The van der Waals surface area contributed by atoms with E-state index in [1.54, 1.807) is 24.3 Å². The van der Waals surface area contributed by atoms with Crippen LogP contribution in [0.2, 0.25) is 0 Å². The second kappa shape index (κ2) is 10.5. The van der Waals surface area contributed by atoms with Gasteiger partial charge >= 0.3 is 6.09 Å². The summed E-state index contributed by atoms with van der Waals surface area (Å²) in [6.45, 7) is 3.42. The lowest BCUT2D eigenvalue weighted by atomic mass is 9.91. The minimum absolute atomic E-state index is 0.00203. The van der Waals surface area contributed by atoms with E-state index in [0.717, 1.165) is 23.4 Å². The summed E-state index contributed by atoms with van der Waals surface area (Å²) >= 11 is 0. The summed E-state index contributed by atoms with van der Waals surface area (Å²) in [6.07, 6.45) is -0.155. The van der Waals surface area contributed by atoms with Crippen molar-refractivity contribution in [3.8, 4) is 0 Å². The molecule has 0 bridgehead atoms. The monoisotopic (exact) mass is 453 g/mol. The van der Waals surface area contributed by atoms with Gasteiger partial charge in [0.2, 0.25) is 5.91 Å². The molecule has 5 N–H and O–H groups in total. The molecule has 10 heteroatoms. The first-order valence-corrected chi connectivity index (χ1v) is 10.6. The maximum Gasteiger partial charge on any atom is 0.405 e. The largest absolute Gasteiger partial charge is 0.465 e. The zero-order valence-electron chi connectivity index (χ0n) is 18.4. The van der Waals surface area contributed by atoms with Gasteiger partial charge in [0, 0.05) is 29.4 Å². The topological polar surface area (TPSA) is 140 Å². The molecule has 0 aliphatic carbocycles. The Hall–Kier alpha value is -4.08. The molecule has 0 unspecified atom stereocenters. The number of nitrogens with zero attached hydrogens (tertiary/aromatic N) is 1. The van der Waals surface area contributed by atoms with Gasteiger partial charge in [-0.3, -0.25) is 25.2 Å². The van der Waals surface area contributed by atoms with E-state index in [0.29, 0.717) is 12.0 Å². The quantitative estimate of drug-likeness (QED) is 0.426. The number of benzene rings is 2. The number of nitrogens with one attached hydrogen (secondary N) is 4.